The van der Waals surface area contributed by atoms with E-state index in [1.165, 1.54) is 5.57 Å². The van der Waals surface area contributed by atoms with Crippen LogP contribution in [0.25, 0.3) is 0 Å². The summed E-state index contributed by atoms with van der Waals surface area (Å²) in [6.45, 7) is 11.4. The van der Waals surface area contributed by atoms with Gasteiger partial charge in [0.2, 0.25) is 0 Å². The molecular weight excluding hydrogens is 318 g/mol. The summed E-state index contributed by atoms with van der Waals surface area (Å²) in [4.78, 5) is 12.0. The standard InChI is InChI=1S/C20H29NO4/c1-12(2)21-19(22)25-11-20-10-24-18(16-7-6-8-23-16)17(15(20)5)13(3)9-14(20)4/h6-9,12,14-15,17-18H,10-11H2,1-5H3,(H,21,22)/t14-,15-,17-,18+,20+/m1/s1. The highest BCUT2D eigenvalue weighted by atomic mass is 16.6. The lowest BCUT2D eigenvalue weighted by molar-refractivity contribution is -0.170. The van der Waals surface area contributed by atoms with Crippen molar-refractivity contribution >= 4 is 6.09 Å². The third-order valence-corrected chi connectivity index (χ3v) is 5.95. The molecule has 2 aliphatic rings. The molecule has 1 N–H and O–H groups in total. The van der Waals surface area contributed by atoms with E-state index in [9.17, 15) is 4.79 Å². The van der Waals surface area contributed by atoms with E-state index in [0.717, 1.165) is 5.76 Å². The second kappa shape index (κ2) is 6.87. The highest BCUT2D eigenvalue weighted by molar-refractivity contribution is 5.67. The number of hydrogen-bond donors (Lipinski definition) is 1. The minimum Gasteiger partial charge on any atom is -0.467 e. The van der Waals surface area contributed by atoms with Crippen LogP contribution >= 0.6 is 0 Å². The van der Waals surface area contributed by atoms with Crippen LogP contribution in [-0.2, 0) is 9.47 Å². The van der Waals surface area contributed by atoms with Crippen molar-refractivity contribution in [1.82, 2.24) is 5.32 Å². The van der Waals surface area contributed by atoms with Crippen LogP contribution in [0.2, 0.25) is 0 Å². The van der Waals surface area contributed by atoms with Gasteiger partial charge in [0.15, 0.2) is 0 Å². The maximum absolute atomic E-state index is 12.0. The predicted octanol–water partition coefficient (Wildman–Crippen LogP) is 4.32. The molecule has 0 unspecified atom stereocenters. The molecule has 0 spiro atoms. The summed E-state index contributed by atoms with van der Waals surface area (Å²) in [6, 6.07) is 3.93. The Labute approximate surface area is 149 Å². The third-order valence-electron chi connectivity index (χ3n) is 5.95. The average Bonchev–Trinajstić information content (AvgIpc) is 3.05. The van der Waals surface area contributed by atoms with E-state index in [0.29, 0.717) is 19.1 Å². The van der Waals surface area contributed by atoms with Crippen molar-refractivity contribution in [3.8, 4) is 0 Å². The molecule has 5 atom stereocenters. The first-order valence-electron chi connectivity index (χ1n) is 9.12. The first-order chi connectivity index (χ1) is 11.8. The van der Waals surface area contributed by atoms with Crippen LogP contribution in [0.1, 0.15) is 46.5 Å². The molecule has 138 valence electrons. The van der Waals surface area contributed by atoms with Crippen LogP contribution in [0.4, 0.5) is 4.79 Å². The Morgan fingerprint density at radius 2 is 2.20 bits per heavy atom. The number of carbonyl (C=O) groups excluding carboxylic acids is 1. The second-order valence-corrected chi connectivity index (χ2v) is 7.87. The van der Waals surface area contributed by atoms with Crippen LogP contribution in [0.3, 0.4) is 0 Å². The maximum atomic E-state index is 12.0. The number of nitrogens with one attached hydrogen (secondary N) is 1. The number of allylic oxidation sites excluding steroid dienone is 1. The van der Waals surface area contributed by atoms with Crippen LogP contribution in [0, 0.1) is 23.2 Å². The molecule has 1 aromatic rings. The van der Waals surface area contributed by atoms with Crippen molar-refractivity contribution in [2.45, 2.75) is 46.8 Å². The van der Waals surface area contributed by atoms with Crippen LogP contribution in [-0.4, -0.2) is 25.3 Å². The summed E-state index contributed by atoms with van der Waals surface area (Å²) in [6.07, 6.45) is 3.56. The molecular formula is C20H29NO4. The fourth-order valence-electron chi connectivity index (χ4n) is 4.44. The largest absolute Gasteiger partial charge is 0.467 e. The summed E-state index contributed by atoms with van der Waals surface area (Å²) in [5.41, 5.74) is 1.12. The first kappa shape index (κ1) is 18.1. The monoisotopic (exact) mass is 347 g/mol. The fraction of sp³-hybridized carbons (Fsp3) is 0.650. The van der Waals surface area contributed by atoms with Gasteiger partial charge in [-0.05, 0) is 44.7 Å². The zero-order valence-electron chi connectivity index (χ0n) is 15.7. The lowest BCUT2D eigenvalue weighted by Gasteiger charge is -2.54. The van der Waals surface area contributed by atoms with Gasteiger partial charge in [-0.3, -0.25) is 0 Å². The number of rotatable bonds is 4. The number of hydrogen-bond acceptors (Lipinski definition) is 4. The topological polar surface area (TPSA) is 60.7 Å². The smallest absolute Gasteiger partial charge is 0.407 e. The van der Waals surface area contributed by atoms with E-state index >= 15 is 0 Å². The molecule has 1 aliphatic carbocycles. The van der Waals surface area contributed by atoms with Gasteiger partial charge in [-0.15, -0.1) is 0 Å². The Morgan fingerprint density at radius 3 is 2.84 bits per heavy atom. The zero-order chi connectivity index (χ0) is 18.2. The minimum atomic E-state index is -0.361. The summed E-state index contributed by atoms with van der Waals surface area (Å²) in [7, 11) is 0. The maximum Gasteiger partial charge on any atom is 0.407 e. The van der Waals surface area contributed by atoms with Crippen LogP contribution < -0.4 is 5.32 Å². The lowest BCUT2D eigenvalue weighted by atomic mass is 9.56. The van der Waals surface area contributed by atoms with Gasteiger partial charge in [0, 0.05) is 17.4 Å². The molecule has 1 fully saturated rings. The number of ether oxygens (including phenoxy) is 2. The van der Waals surface area contributed by atoms with Crippen molar-refractivity contribution in [3.63, 3.8) is 0 Å². The highest BCUT2D eigenvalue weighted by Gasteiger charge is 2.55. The number of amides is 1. The molecule has 3 rings (SSSR count). The predicted molar refractivity (Wildman–Crippen MR) is 95.0 cm³/mol. The Hall–Kier alpha value is -1.75. The molecule has 0 saturated carbocycles. The Balaban J connectivity index is 1.82. The quantitative estimate of drug-likeness (QED) is 0.824. The van der Waals surface area contributed by atoms with E-state index in [1.807, 2.05) is 26.0 Å². The lowest BCUT2D eigenvalue weighted by Crippen LogP contribution is -2.54. The summed E-state index contributed by atoms with van der Waals surface area (Å²) >= 11 is 0. The van der Waals surface area contributed by atoms with E-state index in [4.69, 9.17) is 13.9 Å². The van der Waals surface area contributed by atoms with Crippen molar-refractivity contribution in [1.29, 1.82) is 0 Å². The van der Waals surface area contributed by atoms with E-state index < -0.39 is 0 Å². The van der Waals surface area contributed by atoms with Gasteiger partial charge in [-0.25, -0.2) is 4.79 Å². The van der Waals surface area contributed by atoms with Crippen LogP contribution in [0.15, 0.2) is 34.5 Å². The molecule has 1 aliphatic heterocycles. The first-order valence-corrected chi connectivity index (χ1v) is 9.12. The zero-order valence-corrected chi connectivity index (χ0v) is 15.7. The van der Waals surface area contributed by atoms with Crippen molar-refractivity contribution in [2.75, 3.05) is 13.2 Å². The van der Waals surface area contributed by atoms with Gasteiger partial charge < -0.3 is 19.2 Å². The second-order valence-electron chi connectivity index (χ2n) is 7.87. The molecule has 25 heavy (non-hydrogen) atoms. The van der Waals surface area contributed by atoms with Gasteiger partial charge in [0.25, 0.3) is 0 Å². The number of alkyl carbamates (subject to hydrolysis) is 1. The normalized spacial score (nSPS) is 34.6. The van der Waals surface area contributed by atoms with E-state index in [-0.39, 0.29) is 35.5 Å². The molecule has 0 aromatic carbocycles. The molecule has 1 saturated heterocycles. The number of carbonyl (C=O) groups is 1. The Kier molecular flexibility index (Phi) is 4.96. The summed E-state index contributed by atoms with van der Waals surface area (Å²) in [5, 5.41) is 2.79. The van der Waals surface area contributed by atoms with Crippen LogP contribution in [0.5, 0.6) is 0 Å². The Bertz CT molecular complexity index is 636. The summed E-state index contributed by atoms with van der Waals surface area (Å²) in [5.74, 6) is 1.70. The average molecular weight is 347 g/mol. The van der Waals surface area contributed by atoms with Crippen molar-refractivity contribution in [3.05, 3.63) is 35.8 Å². The van der Waals surface area contributed by atoms with Gasteiger partial charge in [-0.2, -0.15) is 0 Å². The molecule has 0 radical (unpaired) electrons. The molecule has 1 aromatic heterocycles. The molecule has 1 amide bonds. The van der Waals surface area contributed by atoms with E-state index in [2.05, 4.69) is 32.2 Å². The van der Waals surface area contributed by atoms with Crippen molar-refractivity contribution < 1.29 is 18.7 Å². The fourth-order valence-corrected chi connectivity index (χ4v) is 4.44. The van der Waals surface area contributed by atoms with Crippen molar-refractivity contribution in [2.24, 2.45) is 23.2 Å². The van der Waals surface area contributed by atoms with Gasteiger partial charge in [0.05, 0.1) is 12.9 Å². The molecule has 2 bridgehead atoms. The number of furan rings is 1. The SMILES string of the molecule is CC1=C[C@@H](C)[C@@]2(COC(=O)NC(C)C)CO[C@@H](c3ccco3)[C@H]1[C@H]2C. The molecule has 2 heterocycles. The van der Waals surface area contributed by atoms with Gasteiger partial charge in [0.1, 0.15) is 18.5 Å². The van der Waals surface area contributed by atoms with Gasteiger partial charge in [-0.1, -0.05) is 25.5 Å². The Morgan fingerprint density at radius 1 is 1.44 bits per heavy atom. The highest BCUT2D eigenvalue weighted by Crippen LogP contribution is 2.56. The third kappa shape index (κ3) is 3.22. The van der Waals surface area contributed by atoms with Gasteiger partial charge >= 0.3 is 6.09 Å². The molecule has 5 heteroatoms. The summed E-state index contributed by atoms with van der Waals surface area (Å²) < 4.78 is 17.5. The minimum absolute atomic E-state index is 0.0621. The number of fused-ring (bicyclic) bond motifs is 2. The molecule has 5 nitrogen and oxygen atoms in total. The van der Waals surface area contributed by atoms with E-state index in [1.54, 1.807) is 6.26 Å².